The van der Waals surface area contributed by atoms with Gasteiger partial charge in [-0.15, -0.1) is 0 Å². The smallest absolute Gasteiger partial charge is 0.227 e. The maximum absolute atomic E-state index is 12.1. The van der Waals surface area contributed by atoms with Crippen LogP contribution in [0.2, 0.25) is 5.02 Å². The van der Waals surface area contributed by atoms with Crippen molar-refractivity contribution in [2.45, 2.75) is 13.3 Å². The van der Waals surface area contributed by atoms with E-state index < -0.39 is 10.0 Å². The highest BCUT2D eigenvalue weighted by atomic mass is 35.5. The number of benzene rings is 1. The van der Waals surface area contributed by atoms with Gasteiger partial charge in [-0.2, -0.15) is 0 Å². The van der Waals surface area contributed by atoms with Crippen molar-refractivity contribution in [3.63, 3.8) is 0 Å². The second-order valence-electron chi connectivity index (χ2n) is 5.18. The second-order valence-corrected chi connectivity index (χ2v) is 7.24. The summed E-state index contributed by atoms with van der Waals surface area (Å²) in [5.74, 6) is -0.0931. The van der Waals surface area contributed by atoms with Gasteiger partial charge in [0, 0.05) is 24.6 Å². The van der Waals surface area contributed by atoms with Crippen molar-refractivity contribution in [2.24, 2.45) is 11.1 Å². The molecule has 0 aliphatic carbocycles. The van der Waals surface area contributed by atoms with Crippen LogP contribution in [0.25, 0.3) is 0 Å². The average Bonchev–Trinajstić information content (AvgIpc) is 2.70. The second kappa shape index (κ2) is 5.82. The van der Waals surface area contributed by atoms with E-state index in [9.17, 15) is 13.2 Å². The average molecular weight is 333 g/mol. The first-order valence-electron chi connectivity index (χ1n) is 6.36. The summed E-state index contributed by atoms with van der Waals surface area (Å²) < 4.78 is 27.4. The minimum absolute atomic E-state index is 0.131. The van der Waals surface area contributed by atoms with Crippen molar-refractivity contribution in [1.29, 1.82) is 0 Å². The minimum atomic E-state index is -3.59. The normalized spacial score (nSPS) is 19.1. The fraction of sp³-hybridized carbons (Fsp3) is 0.462. The largest absolute Gasteiger partial charge is 0.495 e. The fourth-order valence-electron chi connectivity index (χ4n) is 2.55. The van der Waals surface area contributed by atoms with E-state index in [-0.39, 0.29) is 24.0 Å². The van der Waals surface area contributed by atoms with Crippen LogP contribution in [-0.4, -0.2) is 33.7 Å². The number of carbonyl (C=O) groups is 1. The molecular weight excluding hydrogens is 316 g/mol. The van der Waals surface area contributed by atoms with Crippen molar-refractivity contribution < 1.29 is 17.9 Å². The molecule has 0 bridgehead atoms. The molecule has 116 valence electrons. The van der Waals surface area contributed by atoms with Gasteiger partial charge in [-0.25, -0.2) is 13.6 Å². The van der Waals surface area contributed by atoms with Crippen molar-refractivity contribution in [2.75, 3.05) is 24.3 Å². The Morgan fingerprint density at radius 1 is 1.48 bits per heavy atom. The predicted octanol–water partition coefficient (Wildman–Crippen LogP) is 1.30. The molecule has 1 fully saturated rings. The molecule has 0 spiro atoms. The Bertz CT molecular complexity index is 675. The number of hydrogen-bond acceptors (Lipinski definition) is 4. The topological polar surface area (TPSA) is 89.7 Å². The van der Waals surface area contributed by atoms with E-state index in [0.29, 0.717) is 23.0 Å². The monoisotopic (exact) mass is 332 g/mol. The van der Waals surface area contributed by atoms with E-state index in [2.05, 4.69) is 0 Å². The number of sulfonamides is 1. The quantitative estimate of drug-likeness (QED) is 0.899. The van der Waals surface area contributed by atoms with Crippen molar-refractivity contribution in [3.8, 4) is 5.75 Å². The summed E-state index contributed by atoms with van der Waals surface area (Å²) in [6.07, 6.45) is 0.166. The van der Waals surface area contributed by atoms with Crippen molar-refractivity contribution in [1.82, 2.24) is 0 Å². The molecule has 1 aliphatic heterocycles. The highest BCUT2D eigenvalue weighted by Crippen LogP contribution is 2.35. The Balaban J connectivity index is 2.27. The number of aryl methyl sites for hydroxylation is 1. The number of rotatable bonds is 4. The number of nitrogens with two attached hydrogens (primary N) is 1. The van der Waals surface area contributed by atoms with Crippen molar-refractivity contribution >= 4 is 33.2 Å². The first kappa shape index (κ1) is 16.1. The van der Waals surface area contributed by atoms with E-state index in [4.69, 9.17) is 21.5 Å². The molecule has 1 aliphatic rings. The van der Waals surface area contributed by atoms with Gasteiger partial charge in [-0.3, -0.25) is 4.79 Å². The molecule has 0 radical (unpaired) electrons. The number of nitrogens with zero attached hydrogens (tertiary/aromatic N) is 1. The first-order chi connectivity index (χ1) is 9.71. The van der Waals surface area contributed by atoms with Crippen LogP contribution in [-0.2, 0) is 14.8 Å². The minimum Gasteiger partial charge on any atom is -0.495 e. The molecule has 8 heteroatoms. The summed E-state index contributed by atoms with van der Waals surface area (Å²) in [6.45, 7) is 2.16. The highest BCUT2D eigenvalue weighted by molar-refractivity contribution is 7.89. The van der Waals surface area contributed by atoms with Crippen LogP contribution in [0.4, 0.5) is 5.69 Å². The number of methoxy groups -OCH3 is 1. The van der Waals surface area contributed by atoms with Gasteiger partial charge in [0.15, 0.2) is 0 Å². The number of amides is 1. The lowest BCUT2D eigenvalue weighted by Crippen LogP contribution is -2.28. The van der Waals surface area contributed by atoms with Crippen LogP contribution >= 0.6 is 11.6 Å². The zero-order valence-corrected chi connectivity index (χ0v) is 13.4. The molecule has 0 aromatic heterocycles. The number of hydrogen-bond donors (Lipinski definition) is 1. The number of carbonyl (C=O) groups excluding carboxylic acids is 1. The fourth-order valence-corrected chi connectivity index (χ4v) is 3.66. The van der Waals surface area contributed by atoms with Crippen LogP contribution in [0.1, 0.15) is 12.0 Å². The molecule has 1 atom stereocenters. The molecular formula is C13H17ClN2O4S. The molecule has 2 rings (SSSR count). The number of primary sulfonamides is 1. The van der Waals surface area contributed by atoms with E-state index in [1.54, 1.807) is 17.0 Å². The lowest BCUT2D eigenvalue weighted by Gasteiger charge is -2.20. The van der Waals surface area contributed by atoms with E-state index in [0.717, 1.165) is 5.56 Å². The summed E-state index contributed by atoms with van der Waals surface area (Å²) >= 11 is 6.09. The van der Waals surface area contributed by atoms with Crippen LogP contribution in [0.5, 0.6) is 5.75 Å². The van der Waals surface area contributed by atoms with Gasteiger partial charge in [-0.1, -0.05) is 11.6 Å². The maximum atomic E-state index is 12.1. The van der Waals surface area contributed by atoms with Crippen LogP contribution in [0.3, 0.4) is 0 Å². The van der Waals surface area contributed by atoms with Gasteiger partial charge < -0.3 is 9.64 Å². The molecule has 21 heavy (non-hydrogen) atoms. The zero-order valence-electron chi connectivity index (χ0n) is 11.8. The molecule has 1 saturated heterocycles. The van der Waals surface area contributed by atoms with Gasteiger partial charge in [0.05, 0.1) is 17.9 Å². The number of halogens is 1. The van der Waals surface area contributed by atoms with Gasteiger partial charge in [-0.05, 0) is 24.6 Å². The Morgan fingerprint density at radius 2 is 2.14 bits per heavy atom. The summed E-state index contributed by atoms with van der Waals surface area (Å²) in [5, 5.41) is 5.45. The Hall–Kier alpha value is -1.31. The molecule has 1 amide bonds. The molecule has 0 saturated carbocycles. The number of ether oxygens (including phenoxy) is 1. The molecule has 1 aromatic carbocycles. The van der Waals surface area contributed by atoms with Crippen molar-refractivity contribution in [3.05, 3.63) is 22.7 Å². The SMILES string of the molecule is COc1cc(C)c(N2CC(CS(N)(=O)=O)CC2=O)cc1Cl. The molecule has 1 aromatic rings. The predicted molar refractivity (Wildman–Crippen MR) is 81.2 cm³/mol. The van der Waals surface area contributed by atoms with Gasteiger partial charge in [0.1, 0.15) is 5.75 Å². The third-order valence-corrected chi connectivity index (χ3v) is 4.67. The maximum Gasteiger partial charge on any atom is 0.227 e. The Kier molecular flexibility index (Phi) is 4.46. The zero-order chi connectivity index (χ0) is 15.8. The summed E-state index contributed by atoms with van der Waals surface area (Å²) in [5.41, 5.74) is 1.50. The van der Waals surface area contributed by atoms with Crippen LogP contribution in [0, 0.1) is 12.8 Å². The molecule has 1 heterocycles. The number of anilines is 1. The summed E-state index contributed by atoms with van der Waals surface area (Å²) in [4.78, 5) is 13.7. The van der Waals surface area contributed by atoms with E-state index in [1.807, 2.05) is 6.92 Å². The van der Waals surface area contributed by atoms with Crippen LogP contribution in [0.15, 0.2) is 12.1 Å². The molecule has 2 N–H and O–H groups in total. The standard InChI is InChI=1S/C13H17ClN2O4S/c1-8-3-12(20-2)10(14)5-11(8)16-6-9(4-13(16)17)7-21(15,18)19/h3,5,9H,4,6-7H2,1-2H3,(H2,15,18,19). The van der Waals surface area contributed by atoms with E-state index >= 15 is 0 Å². The summed E-state index contributed by atoms with van der Waals surface area (Å²) in [7, 11) is -2.07. The highest BCUT2D eigenvalue weighted by Gasteiger charge is 2.33. The molecule has 1 unspecified atom stereocenters. The van der Waals surface area contributed by atoms with Crippen LogP contribution < -0.4 is 14.8 Å². The lowest BCUT2D eigenvalue weighted by molar-refractivity contribution is -0.117. The van der Waals surface area contributed by atoms with Gasteiger partial charge in [0.2, 0.25) is 15.9 Å². The third-order valence-electron chi connectivity index (χ3n) is 3.43. The van der Waals surface area contributed by atoms with Gasteiger partial charge >= 0.3 is 0 Å². The summed E-state index contributed by atoms with van der Waals surface area (Å²) in [6, 6.07) is 3.41. The Labute approximate surface area is 128 Å². The molecule has 6 nitrogen and oxygen atoms in total. The Morgan fingerprint density at radius 3 is 2.71 bits per heavy atom. The first-order valence-corrected chi connectivity index (χ1v) is 8.45. The third kappa shape index (κ3) is 3.66. The van der Waals surface area contributed by atoms with Gasteiger partial charge in [0.25, 0.3) is 0 Å². The lowest BCUT2D eigenvalue weighted by atomic mass is 10.1. The van der Waals surface area contributed by atoms with E-state index in [1.165, 1.54) is 7.11 Å².